The van der Waals surface area contributed by atoms with Gasteiger partial charge < -0.3 is 25.0 Å². The van der Waals surface area contributed by atoms with Crippen LogP contribution in [0.1, 0.15) is 45.6 Å². The number of hydrogen-bond acceptors (Lipinski definition) is 6. The first-order valence-corrected chi connectivity index (χ1v) is 10.3. The number of rotatable bonds is 5. The molecule has 2 rings (SSSR count). The van der Waals surface area contributed by atoms with Gasteiger partial charge in [0.25, 0.3) is 0 Å². The molecule has 1 aromatic rings. The first kappa shape index (κ1) is 24.2. The molecule has 0 saturated carbocycles. The fraction of sp³-hybridized carbons (Fsp3) is 0.545. The molecular weight excluding hydrogens is 400 g/mol. The number of hydrogen-bond donors (Lipinski definition) is 2. The largest absolute Gasteiger partial charge is 0.469 e. The van der Waals surface area contributed by atoms with Crippen LogP contribution in [-0.2, 0) is 14.3 Å². The summed E-state index contributed by atoms with van der Waals surface area (Å²) in [5, 5.41) is 5.73. The molecule has 31 heavy (non-hydrogen) atoms. The van der Waals surface area contributed by atoms with E-state index in [0.717, 1.165) is 5.56 Å². The Bertz CT molecular complexity index is 801. The van der Waals surface area contributed by atoms with Gasteiger partial charge in [0.15, 0.2) is 0 Å². The molecule has 0 radical (unpaired) electrons. The number of amides is 3. The predicted molar refractivity (Wildman–Crippen MR) is 118 cm³/mol. The van der Waals surface area contributed by atoms with Crippen LogP contribution in [0.4, 0.5) is 15.3 Å². The average molecular weight is 433 g/mol. The average Bonchev–Trinajstić information content (AvgIpc) is 2.68. The zero-order chi connectivity index (χ0) is 23.0. The Morgan fingerprint density at radius 1 is 1.23 bits per heavy atom. The first-order chi connectivity index (χ1) is 14.6. The number of nitrogens with one attached hydrogen (secondary N) is 2. The molecule has 9 nitrogen and oxygen atoms in total. The smallest absolute Gasteiger partial charge is 0.410 e. The van der Waals surface area contributed by atoms with Crippen LogP contribution in [0.5, 0.6) is 0 Å². The minimum atomic E-state index is -0.638. The molecule has 1 aliphatic rings. The third-order valence-corrected chi connectivity index (χ3v) is 4.76. The van der Waals surface area contributed by atoms with Crippen LogP contribution in [0.2, 0.25) is 0 Å². The summed E-state index contributed by atoms with van der Waals surface area (Å²) in [4.78, 5) is 42.4. The van der Waals surface area contributed by atoms with Crippen molar-refractivity contribution >= 4 is 30.0 Å². The molecule has 1 fully saturated rings. The van der Waals surface area contributed by atoms with Crippen molar-refractivity contribution < 1.29 is 23.9 Å². The Morgan fingerprint density at radius 3 is 2.48 bits per heavy atom. The summed E-state index contributed by atoms with van der Waals surface area (Å²) in [6.45, 7) is 5.74. The van der Waals surface area contributed by atoms with Gasteiger partial charge in [-0.15, -0.1) is 0 Å². The number of methoxy groups -OCH3 is 1. The Hall–Kier alpha value is -3.10. The van der Waals surface area contributed by atoms with Crippen LogP contribution in [-0.4, -0.2) is 67.6 Å². The van der Waals surface area contributed by atoms with E-state index in [4.69, 9.17) is 9.47 Å². The SMILES string of the molecule is CN=Cc1ccc(NC(=O)N[C@@H]2CCN(C(=O)OC(C)(C)C)[C@@H](CC(=O)OC)C2)cc1. The number of nitrogens with zero attached hydrogens (tertiary/aromatic N) is 2. The van der Waals surface area contributed by atoms with Gasteiger partial charge in [-0.2, -0.15) is 0 Å². The highest BCUT2D eigenvalue weighted by Gasteiger charge is 2.36. The normalized spacial score (nSPS) is 19.1. The molecule has 0 bridgehead atoms. The Balaban J connectivity index is 1.98. The van der Waals surface area contributed by atoms with E-state index in [1.165, 1.54) is 7.11 Å². The number of carbonyl (C=O) groups excluding carboxylic acids is 3. The summed E-state index contributed by atoms with van der Waals surface area (Å²) in [6, 6.07) is 6.34. The lowest BCUT2D eigenvalue weighted by atomic mass is 9.95. The minimum absolute atomic E-state index is 0.0377. The number of aliphatic imine (C=N–C) groups is 1. The van der Waals surface area contributed by atoms with E-state index in [1.807, 2.05) is 12.1 Å². The second-order valence-corrected chi connectivity index (χ2v) is 8.44. The van der Waals surface area contributed by atoms with Crippen molar-refractivity contribution in [2.45, 2.75) is 57.7 Å². The van der Waals surface area contributed by atoms with Crippen molar-refractivity contribution in [3.63, 3.8) is 0 Å². The van der Waals surface area contributed by atoms with Crippen LogP contribution in [0.3, 0.4) is 0 Å². The standard InChI is InChI=1S/C22H32N4O5/c1-22(2,3)31-21(29)26-11-10-17(12-18(26)13-19(27)30-5)25-20(28)24-16-8-6-15(7-9-16)14-23-4/h6-9,14,17-18H,10-13H2,1-5H3,(H2,24,25,28)/t17-,18-/m1/s1. The second kappa shape index (κ2) is 10.8. The van der Waals surface area contributed by atoms with E-state index in [9.17, 15) is 14.4 Å². The van der Waals surface area contributed by atoms with Gasteiger partial charge in [-0.05, 0) is 51.3 Å². The zero-order valence-corrected chi connectivity index (χ0v) is 18.8. The third kappa shape index (κ3) is 7.92. The summed E-state index contributed by atoms with van der Waals surface area (Å²) in [5.41, 5.74) is 0.956. The minimum Gasteiger partial charge on any atom is -0.469 e. The van der Waals surface area contributed by atoms with Crippen molar-refractivity contribution in [2.75, 3.05) is 26.0 Å². The molecule has 9 heteroatoms. The summed E-state index contributed by atoms with van der Waals surface area (Å²) in [6.07, 6.45) is 2.27. The van der Waals surface area contributed by atoms with Crippen LogP contribution < -0.4 is 10.6 Å². The number of urea groups is 1. The fourth-order valence-electron chi connectivity index (χ4n) is 3.37. The molecule has 2 atom stereocenters. The van der Waals surface area contributed by atoms with Crippen molar-refractivity contribution in [2.24, 2.45) is 4.99 Å². The van der Waals surface area contributed by atoms with Gasteiger partial charge >= 0.3 is 18.1 Å². The molecule has 0 aromatic heterocycles. The van der Waals surface area contributed by atoms with Crippen molar-refractivity contribution in [1.82, 2.24) is 10.2 Å². The molecule has 0 aliphatic carbocycles. The molecule has 1 aliphatic heterocycles. The fourth-order valence-corrected chi connectivity index (χ4v) is 3.37. The number of piperidine rings is 1. The Labute approximate surface area is 183 Å². The first-order valence-electron chi connectivity index (χ1n) is 10.3. The van der Waals surface area contributed by atoms with Crippen molar-refractivity contribution in [3.05, 3.63) is 29.8 Å². The van der Waals surface area contributed by atoms with Crippen LogP contribution in [0.25, 0.3) is 0 Å². The molecule has 1 saturated heterocycles. The topological polar surface area (TPSA) is 109 Å². The molecule has 0 spiro atoms. The lowest BCUT2D eigenvalue weighted by Gasteiger charge is -2.39. The van der Waals surface area contributed by atoms with Gasteiger partial charge in [-0.3, -0.25) is 9.79 Å². The zero-order valence-electron chi connectivity index (χ0n) is 18.8. The van der Waals surface area contributed by atoms with Gasteiger partial charge in [0, 0.05) is 37.6 Å². The predicted octanol–water partition coefficient (Wildman–Crippen LogP) is 3.19. The summed E-state index contributed by atoms with van der Waals surface area (Å²) in [5.74, 6) is -0.417. The highest BCUT2D eigenvalue weighted by atomic mass is 16.6. The maximum atomic E-state index is 12.6. The second-order valence-electron chi connectivity index (χ2n) is 8.44. The van der Waals surface area contributed by atoms with E-state index in [1.54, 1.807) is 51.1 Å². The molecule has 1 aromatic carbocycles. The quantitative estimate of drug-likeness (QED) is 0.549. The number of anilines is 1. The summed E-state index contributed by atoms with van der Waals surface area (Å²) >= 11 is 0. The molecular formula is C22H32N4O5. The van der Waals surface area contributed by atoms with E-state index in [2.05, 4.69) is 15.6 Å². The van der Waals surface area contributed by atoms with E-state index < -0.39 is 23.7 Å². The van der Waals surface area contributed by atoms with Crippen LogP contribution in [0, 0.1) is 0 Å². The Morgan fingerprint density at radius 2 is 1.90 bits per heavy atom. The summed E-state index contributed by atoms with van der Waals surface area (Å²) < 4.78 is 10.2. The number of likely N-dealkylation sites (tertiary alicyclic amines) is 1. The van der Waals surface area contributed by atoms with Gasteiger partial charge in [-0.25, -0.2) is 9.59 Å². The third-order valence-electron chi connectivity index (χ3n) is 4.76. The molecule has 2 N–H and O–H groups in total. The maximum Gasteiger partial charge on any atom is 0.410 e. The number of benzene rings is 1. The lowest BCUT2D eigenvalue weighted by molar-refractivity contribution is -0.142. The van der Waals surface area contributed by atoms with E-state index >= 15 is 0 Å². The number of esters is 1. The van der Waals surface area contributed by atoms with Crippen molar-refractivity contribution in [3.8, 4) is 0 Å². The molecule has 1 heterocycles. The lowest BCUT2D eigenvalue weighted by Crippen LogP contribution is -2.54. The van der Waals surface area contributed by atoms with Gasteiger partial charge in [-0.1, -0.05) is 12.1 Å². The molecule has 3 amide bonds. The monoisotopic (exact) mass is 432 g/mol. The van der Waals surface area contributed by atoms with Crippen LogP contribution in [0.15, 0.2) is 29.3 Å². The van der Waals surface area contributed by atoms with Gasteiger partial charge in [0.1, 0.15) is 5.60 Å². The number of carbonyl (C=O) groups is 3. The van der Waals surface area contributed by atoms with Crippen LogP contribution >= 0.6 is 0 Å². The summed E-state index contributed by atoms with van der Waals surface area (Å²) in [7, 11) is 3.00. The van der Waals surface area contributed by atoms with E-state index in [-0.39, 0.29) is 18.5 Å². The Kier molecular flexibility index (Phi) is 8.41. The van der Waals surface area contributed by atoms with Crippen molar-refractivity contribution in [1.29, 1.82) is 0 Å². The molecule has 170 valence electrons. The molecule has 0 unspecified atom stereocenters. The highest BCUT2D eigenvalue weighted by molar-refractivity contribution is 5.90. The van der Waals surface area contributed by atoms with Gasteiger partial charge in [0.05, 0.1) is 13.5 Å². The number of ether oxygens (including phenoxy) is 2. The highest BCUT2D eigenvalue weighted by Crippen LogP contribution is 2.23. The maximum absolute atomic E-state index is 12.6. The van der Waals surface area contributed by atoms with E-state index in [0.29, 0.717) is 25.1 Å². The van der Waals surface area contributed by atoms with Gasteiger partial charge in [0.2, 0.25) is 0 Å².